The summed E-state index contributed by atoms with van der Waals surface area (Å²) in [6.07, 6.45) is 0.448. The summed E-state index contributed by atoms with van der Waals surface area (Å²) < 4.78 is 13.7. The van der Waals surface area contributed by atoms with E-state index in [1.807, 2.05) is 59.5 Å². The van der Waals surface area contributed by atoms with Gasteiger partial charge in [-0.05, 0) is 55.3 Å². The number of amides is 1. The number of benzene rings is 3. The predicted molar refractivity (Wildman–Crippen MR) is 134 cm³/mol. The summed E-state index contributed by atoms with van der Waals surface area (Å²) in [5.41, 5.74) is 5.32. The van der Waals surface area contributed by atoms with Crippen molar-refractivity contribution in [3.8, 4) is 11.5 Å². The van der Waals surface area contributed by atoms with E-state index in [4.69, 9.17) is 14.5 Å². The molecule has 6 nitrogen and oxygen atoms in total. The number of rotatable bonds is 7. The SMILES string of the molecule is COc1ccccc1OCCn1c(C2CC(=O)N(c3cccc(C)c3C)C2)nc2ccccc21. The van der Waals surface area contributed by atoms with Crippen LogP contribution in [0.3, 0.4) is 0 Å². The number of hydrogen-bond acceptors (Lipinski definition) is 4. The minimum Gasteiger partial charge on any atom is -0.493 e. The number of hydrogen-bond donors (Lipinski definition) is 0. The maximum absolute atomic E-state index is 13.1. The lowest BCUT2D eigenvalue weighted by Crippen LogP contribution is -2.25. The topological polar surface area (TPSA) is 56.6 Å². The monoisotopic (exact) mass is 455 g/mol. The number of fused-ring (bicyclic) bond motifs is 1. The number of para-hydroxylation sites is 4. The number of ether oxygens (including phenoxy) is 2. The van der Waals surface area contributed by atoms with Gasteiger partial charge in [-0.25, -0.2) is 4.98 Å². The summed E-state index contributed by atoms with van der Waals surface area (Å²) in [6.45, 7) is 5.88. The molecule has 0 radical (unpaired) electrons. The predicted octanol–water partition coefficient (Wildman–Crippen LogP) is 5.26. The molecule has 4 aromatic rings. The minimum absolute atomic E-state index is 0.0195. The molecule has 1 fully saturated rings. The zero-order valence-corrected chi connectivity index (χ0v) is 19.8. The molecule has 1 atom stereocenters. The normalized spacial score (nSPS) is 15.8. The molecule has 1 saturated heterocycles. The Hall–Kier alpha value is -3.80. The van der Waals surface area contributed by atoms with Gasteiger partial charge in [-0.2, -0.15) is 0 Å². The van der Waals surface area contributed by atoms with Gasteiger partial charge in [-0.3, -0.25) is 4.79 Å². The third-order valence-corrected chi connectivity index (χ3v) is 6.68. The molecule has 0 aliphatic carbocycles. The molecule has 0 bridgehead atoms. The maximum Gasteiger partial charge on any atom is 0.227 e. The summed E-state index contributed by atoms with van der Waals surface area (Å²) in [5, 5.41) is 0. The number of methoxy groups -OCH3 is 1. The Kier molecular flexibility index (Phi) is 5.97. The van der Waals surface area contributed by atoms with E-state index in [1.165, 1.54) is 5.56 Å². The number of imidazole rings is 1. The number of aryl methyl sites for hydroxylation is 1. The second-order valence-corrected chi connectivity index (χ2v) is 8.73. The van der Waals surface area contributed by atoms with Crippen molar-refractivity contribution in [2.45, 2.75) is 32.7 Å². The number of carbonyl (C=O) groups excluding carboxylic acids is 1. The summed E-state index contributed by atoms with van der Waals surface area (Å²) in [7, 11) is 1.64. The molecule has 1 unspecified atom stereocenters. The first-order valence-electron chi connectivity index (χ1n) is 11.6. The molecule has 1 amide bonds. The molecule has 1 aromatic heterocycles. The Balaban J connectivity index is 1.42. The highest BCUT2D eigenvalue weighted by Gasteiger charge is 2.35. The molecule has 1 aliphatic heterocycles. The van der Waals surface area contributed by atoms with Crippen LogP contribution in [0.5, 0.6) is 11.5 Å². The Morgan fingerprint density at radius 3 is 2.56 bits per heavy atom. The molecular weight excluding hydrogens is 426 g/mol. The Labute approximate surface area is 199 Å². The van der Waals surface area contributed by atoms with Gasteiger partial charge in [0.1, 0.15) is 12.4 Å². The highest BCUT2D eigenvalue weighted by molar-refractivity contribution is 5.97. The van der Waals surface area contributed by atoms with Crippen LogP contribution in [0.4, 0.5) is 5.69 Å². The van der Waals surface area contributed by atoms with E-state index >= 15 is 0 Å². The van der Waals surface area contributed by atoms with Crippen LogP contribution < -0.4 is 14.4 Å². The molecule has 0 spiro atoms. The largest absolute Gasteiger partial charge is 0.493 e. The highest BCUT2D eigenvalue weighted by Crippen LogP contribution is 2.35. The molecule has 2 heterocycles. The first-order chi connectivity index (χ1) is 16.6. The van der Waals surface area contributed by atoms with Crippen molar-refractivity contribution in [3.05, 3.63) is 83.7 Å². The van der Waals surface area contributed by atoms with Crippen LogP contribution in [-0.4, -0.2) is 35.7 Å². The van der Waals surface area contributed by atoms with Crippen molar-refractivity contribution in [2.75, 3.05) is 25.2 Å². The molecule has 3 aromatic carbocycles. The van der Waals surface area contributed by atoms with E-state index in [-0.39, 0.29) is 11.8 Å². The van der Waals surface area contributed by atoms with Crippen LogP contribution in [-0.2, 0) is 11.3 Å². The highest BCUT2D eigenvalue weighted by atomic mass is 16.5. The van der Waals surface area contributed by atoms with Gasteiger partial charge in [0.25, 0.3) is 0 Å². The van der Waals surface area contributed by atoms with E-state index < -0.39 is 0 Å². The standard InChI is InChI=1S/C28H29N3O3/c1-19-9-8-12-23(20(19)2)31-18-21(17-27(31)32)28-29-22-10-4-5-11-24(22)30(28)15-16-34-26-14-7-6-13-25(26)33-3/h4-14,21H,15-18H2,1-3H3. The van der Waals surface area contributed by atoms with Gasteiger partial charge in [0.05, 0.1) is 24.7 Å². The molecule has 5 rings (SSSR count). The van der Waals surface area contributed by atoms with Crippen LogP contribution in [0.25, 0.3) is 11.0 Å². The van der Waals surface area contributed by atoms with Gasteiger partial charge in [0.2, 0.25) is 5.91 Å². The molecular formula is C28H29N3O3. The van der Waals surface area contributed by atoms with Crippen molar-refractivity contribution >= 4 is 22.6 Å². The van der Waals surface area contributed by atoms with Gasteiger partial charge < -0.3 is 18.9 Å². The zero-order valence-electron chi connectivity index (χ0n) is 19.8. The van der Waals surface area contributed by atoms with Gasteiger partial charge in [-0.15, -0.1) is 0 Å². The Morgan fingerprint density at radius 1 is 0.971 bits per heavy atom. The van der Waals surface area contributed by atoms with Crippen molar-refractivity contribution in [1.29, 1.82) is 0 Å². The fourth-order valence-electron chi connectivity index (χ4n) is 4.77. The van der Waals surface area contributed by atoms with E-state index in [0.29, 0.717) is 37.6 Å². The molecule has 174 valence electrons. The van der Waals surface area contributed by atoms with Gasteiger partial charge >= 0.3 is 0 Å². The van der Waals surface area contributed by atoms with E-state index in [9.17, 15) is 4.79 Å². The van der Waals surface area contributed by atoms with Gasteiger partial charge in [0, 0.05) is 24.6 Å². The third-order valence-electron chi connectivity index (χ3n) is 6.68. The zero-order chi connectivity index (χ0) is 23.7. The fourth-order valence-corrected chi connectivity index (χ4v) is 4.77. The Morgan fingerprint density at radius 2 is 1.74 bits per heavy atom. The van der Waals surface area contributed by atoms with E-state index in [0.717, 1.165) is 28.1 Å². The summed E-state index contributed by atoms with van der Waals surface area (Å²) in [4.78, 5) is 19.9. The average molecular weight is 456 g/mol. The van der Waals surface area contributed by atoms with Crippen LogP contribution in [0.1, 0.15) is 29.3 Å². The number of aromatic nitrogens is 2. The minimum atomic E-state index is 0.0195. The van der Waals surface area contributed by atoms with Crippen LogP contribution in [0, 0.1) is 13.8 Å². The molecule has 1 aliphatic rings. The number of anilines is 1. The van der Waals surface area contributed by atoms with Gasteiger partial charge in [0.15, 0.2) is 11.5 Å². The lowest BCUT2D eigenvalue weighted by Gasteiger charge is -2.20. The number of nitrogens with zero attached hydrogens (tertiary/aromatic N) is 3. The van der Waals surface area contributed by atoms with Crippen molar-refractivity contribution < 1.29 is 14.3 Å². The molecule has 0 saturated carbocycles. The second-order valence-electron chi connectivity index (χ2n) is 8.73. The maximum atomic E-state index is 13.1. The van der Waals surface area contributed by atoms with Crippen molar-refractivity contribution in [3.63, 3.8) is 0 Å². The van der Waals surface area contributed by atoms with Crippen molar-refractivity contribution in [2.24, 2.45) is 0 Å². The van der Waals surface area contributed by atoms with E-state index in [1.54, 1.807) is 7.11 Å². The smallest absolute Gasteiger partial charge is 0.227 e. The molecule has 6 heteroatoms. The van der Waals surface area contributed by atoms with Crippen LogP contribution in [0.2, 0.25) is 0 Å². The van der Waals surface area contributed by atoms with E-state index in [2.05, 4.69) is 30.5 Å². The van der Waals surface area contributed by atoms with Crippen LogP contribution >= 0.6 is 0 Å². The summed E-state index contributed by atoms with van der Waals surface area (Å²) in [6, 6.07) is 21.9. The third kappa shape index (κ3) is 4.00. The summed E-state index contributed by atoms with van der Waals surface area (Å²) >= 11 is 0. The lowest BCUT2D eigenvalue weighted by molar-refractivity contribution is -0.117. The second kappa shape index (κ2) is 9.21. The lowest BCUT2D eigenvalue weighted by atomic mass is 10.1. The molecule has 0 N–H and O–H groups in total. The average Bonchev–Trinajstić information content (AvgIpc) is 3.41. The van der Waals surface area contributed by atoms with Crippen LogP contribution in [0.15, 0.2) is 66.7 Å². The van der Waals surface area contributed by atoms with Crippen molar-refractivity contribution in [1.82, 2.24) is 9.55 Å². The fraction of sp³-hybridized carbons (Fsp3) is 0.286. The first kappa shape index (κ1) is 22.0. The summed E-state index contributed by atoms with van der Waals surface area (Å²) in [5.74, 6) is 2.52. The quantitative estimate of drug-likeness (QED) is 0.381. The molecule has 34 heavy (non-hydrogen) atoms. The van der Waals surface area contributed by atoms with Gasteiger partial charge in [-0.1, -0.05) is 36.4 Å². The first-order valence-corrected chi connectivity index (χ1v) is 11.6. The Bertz CT molecular complexity index is 1340. The number of carbonyl (C=O) groups is 1.